The van der Waals surface area contributed by atoms with Crippen molar-refractivity contribution >= 4 is 16.9 Å². The molecule has 1 atom stereocenters. The van der Waals surface area contributed by atoms with Gasteiger partial charge in [-0.15, -0.1) is 0 Å². The second-order valence-electron chi connectivity index (χ2n) is 8.10. The fourth-order valence-electron chi connectivity index (χ4n) is 4.17. The Morgan fingerprint density at radius 1 is 0.758 bits per heavy atom. The molecule has 0 saturated heterocycles. The van der Waals surface area contributed by atoms with Gasteiger partial charge in [0.2, 0.25) is 0 Å². The number of fused-ring (bicyclic) bond motifs is 1. The Morgan fingerprint density at radius 2 is 1.36 bits per heavy atom. The van der Waals surface area contributed by atoms with Crippen LogP contribution in [0, 0.1) is 0 Å². The lowest BCUT2D eigenvalue weighted by Gasteiger charge is -2.20. The highest BCUT2D eigenvalue weighted by molar-refractivity contribution is 5.94. The van der Waals surface area contributed by atoms with Crippen LogP contribution in [0.4, 0.5) is 0 Å². The number of carbonyl (C=O) groups is 1. The summed E-state index contributed by atoms with van der Waals surface area (Å²) in [5.74, 6) is 0.859. The molecule has 0 aliphatic heterocycles. The molecule has 1 unspecified atom stereocenters. The number of benzene rings is 4. The van der Waals surface area contributed by atoms with E-state index in [0.717, 1.165) is 29.0 Å². The number of para-hydroxylation sites is 2. The van der Waals surface area contributed by atoms with E-state index in [-0.39, 0.29) is 11.9 Å². The lowest BCUT2D eigenvalue weighted by atomic mass is 10.0. The van der Waals surface area contributed by atoms with E-state index in [0.29, 0.717) is 12.0 Å². The largest absolute Gasteiger partial charge is 0.345 e. The number of hydrogen-bond acceptors (Lipinski definition) is 2. The maximum absolute atomic E-state index is 13.0. The first-order valence-corrected chi connectivity index (χ1v) is 11.2. The predicted molar refractivity (Wildman–Crippen MR) is 132 cm³/mol. The summed E-state index contributed by atoms with van der Waals surface area (Å²) >= 11 is 0. The molecule has 162 valence electrons. The van der Waals surface area contributed by atoms with E-state index in [9.17, 15) is 4.79 Å². The van der Waals surface area contributed by atoms with Gasteiger partial charge in [0.1, 0.15) is 5.82 Å². The summed E-state index contributed by atoms with van der Waals surface area (Å²) in [6, 6.07) is 37.9. The van der Waals surface area contributed by atoms with Gasteiger partial charge in [-0.25, -0.2) is 4.98 Å². The Morgan fingerprint density at radius 3 is 2.09 bits per heavy atom. The highest BCUT2D eigenvalue weighted by Gasteiger charge is 2.20. The van der Waals surface area contributed by atoms with Gasteiger partial charge in [0.15, 0.2) is 0 Å². The Hall–Kier alpha value is -4.18. The maximum atomic E-state index is 13.0. The minimum Gasteiger partial charge on any atom is -0.345 e. The standard InChI is InChI=1S/C29H25N3O/c33-29(24-16-8-3-9-17-24)31-26(23-14-6-2-7-15-23)20-28-30-25-18-10-11-19-27(25)32(28)21-22-12-4-1-5-13-22/h1-19,26H,20-21H2,(H,31,33). The van der Waals surface area contributed by atoms with Crippen molar-refractivity contribution in [2.75, 3.05) is 0 Å². The molecule has 4 nitrogen and oxygen atoms in total. The molecule has 1 heterocycles. The van der Waals surface area contributed by atoms with Crippen molar-refractivity contribution in [3.05, 3.63) is 138 Å². The first-order chi connectivity index (χ1) is 16.3. The number of amides is 1. The predicted octanol–water partition coefficient (Wildman–Crippen LogP) is 5.80. The van der Waals surface area contributed by atoms with Crippen molar-refractivity contribution < 1.29 is 4.79 Å². The number of imidazole rings is 1. The second-order valence-corrected chi connectivity index (χ2v) is 8.10. The smallest absolute Gasteiger partial charge is 0.251 e. The SMILES string of the molecule is O=C(NC(Cc1nc2ccccc2n1Cc1ccccc1)c1ccccc1)c1ccccc1. The molecular weight excluding hydrogens is 406 g/mol. The lowest BCUT2D eigenvalue weighted by Crippen LogP contribution is -2.30. The minimum absolute atomic E-state index is 0.0878. The molecular formula is C29H25N3O. The van der Waals surface area contributed by atoms with Gasteiger partial charge in [-0.1, -0.05) is 91.0 Å². The van der Waals surface area contributed by atoms with Crippen LogP contribution in [0.5, 0.6) is 0 Å². The number of carbonyl (C=O) groups excluding carboxylic acids is 1. The summed E-state index contributed by atoms with van der Waals surface area (Å²) in [5, 5.41) is 3.24. The topological polar surface area (TPSA) is 46.9 Å². The normalized spacial score (nSPS) is 11.9. The van der Waals surface area contributed by atoms with Crippen molar-refractivity contribution in [1.29, 1.82) is 0 Å². The number of aromatic nitrogens is 2. The van der Waals surface area contributed by atoms with Gasteiger partial charge in [-0.05, 0) is 35.4 Å². The molecule has 0 radical (unpaired) electrons. The molecule has 0 fully saturated rings. The zero-order valence-corrected chi connectivity index (χ0v) is 18.3. The van der Waals surface area contributed by atoms with Crippen LogP contribution in [0.15, 0.2) is 115 Å². The zero-order valence-electron chi connectivity index (χ0n) is 18.3. The van der Waals surface area contributed by atoms with Gasteiger partial charge in [0.25, 0.3) is 5.91 Å². The average Bonchev–Trinajstić information content (AvgIpc) is 3.22. The van der Waals surface area contributed by atoms with Crippen LogP contribution in [-0.2, 0) is 13.0 Å². The van der Waals surface area contributed by atoms with E-state index >= 15 is 0 Å². The van der Waals surface area contributed by atoms with Crippen LogP contribution in [0.3, 0.4) is 0 Å². The van der Waals surface area contributed by atoms with Gasteiger partial charge < -0.3 is 9.88 Å². The average molecular weight is 432 g/mol. The van der Waals surface area contributed by atoms with E-state index in [1.807, 2.05) is 72.8 Å². The van der Waals surface area contributed by atoms with E-state index in [1.165, 1.54) is 5.56 Å². The summed E-state index contributed by atoms with van der Waals surface area (Å²) in [7, 11) is 0. The molecule has 5 rings (SSSR count). The molecule has 0 bridgehead atoms. The molecule has 0 saturated carbocycles. The number of hydrogen-bond donors (Lipinski definition) is 1. The Kier molecular flexibility index (Phi) is 5.98. The highest BCUT2D eigenvalue weighted by Crippen LogP contribution is 2.24. The molecule has 1 N–H and O–H groups in total. The molecule has 0 spiro atoms. The fraction of sp³-hybridized carbons (Fsp3) is 0.103. The van der Waals surface area contributed by atoms with Crippen LogP contribution in [0.25, 0.3) is 11.0 Å². The van der Waals surface area contributed by atoms with E-state index < -0.39 is 0 Å². The third-order valence-electron chi connectivity index (χ3n) is 5.85. The van der Waals surface area contributed by atoms with Gasteiger partial charge in [-0.2, -0.15) is 0 Å². The molecule has 0 aliphatic carbocycles. The van der Waals surface area contributed by atoms with E-state index in [4.69, 9.17) is 4.98 Å². The van der Waals surface area contributed by atoms with E-state index in [1.54, 1.807) is 0 Å². The molecule has 5 aromatic rings. The number of nitrogens with zero attached hydrogens (tertiary/aromatic N) is 2. The van der Waals surface area contributed by atoms with Crippen LogP contribution < -0.4 is 5.32 Å². The Bertz CT molecular complexity index is 1350. The second kappa shape index (κ2) is 9.53. The Balaban J connectivity index is 1.51. The summed E-state index contributed by atoms with van der Waals surface area (Å²) in [5.41, 5.74) is 4.98. The summed E-state index contributed by atoms with van der Waals surface area (Å²) in [4.78, 5) is 18.0. The van der Waals surface area contributed by atoms with Crippen molar-refractivity contribution in [2.45, 2.75) is 19.0 Å². The van der Waals surface area contributed by atoms with Crippen LogP contribution in [0.1, 0.15) is 33.4 Å². The van der Waals surface area contributed by atoms with Gasteiger partial charge in [0.05, 0.1) is 17.1 Å². The first kappa shape index (κ1) is 20.7. The molecule has 0 aliphatic rings. The van der Waals surface area contributed by atoms with Crippen molar-refractivity contribution in [1.82, 2.24) is 14.9 Å². The molecule has 1 amide bonds. The third-order valence-corrected chi connectivity index (χ3v) is 5.85. The zero-order chi connectivity index (χ0) is 22.5. The maximum Gasteiger partial charge on any atom is 0.251 e. The Labute approximate surface area is 193 Å². The number of nitrogens with one attached hydrogen (secondary N) is 1. The monoisotopic (exact) mass is 431 g/mol. The highest BCUT2D eigenvalue weighted by atomic mass is 16.1. The minimum atomic E-state index is -0.203. The van der Waals surface area contributed by atoms with E-state index in [2.05, 4.69) is 52.3 Å². The van der Waals surface area contributed by atoms with Gasteiger partial charge >= 0.3 is 0 Å². The van der Waals surface area contributed by atoms with Crippen molar-refractivity contribution in [2.24, 2.45) is 0 Å². The van der Waals surface area contributed by atoms with Crippen LogP contribution >= 0.6 is 0 Å². The number of rotatable bonds is 7. The molecule has 33 heavy (non-hydrogen) atoms. The summed E-state index contributed by atoms with van der Waals surface area (Å²) in [6.45, 7) is 0.727. The molecule has 4 heteroatoms. The van der Waals surface area contributed by atoms with Crippen LogP contribution in [0.2, 0.25) is 0 Å². The fourth-order valence-corrected chi connectivity index (χ4v) is 4.17. The first-order valence-electron chi connectivity index (χ1n) is 11.2. The lowest BCUT2D eigenvalue weighted by molar-refractivity contribution is 0.0936. The quantitative estimate of drug-likeness (QED) is 0.354. The van der Waals surface area contributed by atoms with Gasteiger partial charge in [0, 0.05) is 18.5 Å². The summed E-state index contributed by atoms with van der Waals surface area (Å²) < 4.78 is 2.26. The van der Waals surface area contributed by atoms with Crippen LogP contribution in [-0.4, -0.2) is 15.5 Å². The molecule has 4 aromatic carbocycles. The van der Waals surface area contributed by atoms with Gasteiger partial charge in [-0.3, -0.25) is 4.79 Å². The van der Waals surface area contributed by atoms with Crippen molar-refractivity contribution in [3.8, 4) is 0 Å². The van der Waals surface area contributed by atoms with Crippen molar-refractivity contribution in [3.63, 3.8) is 0 Å². The molecule has 1 aromatic heterocycles. The third kappa shape index (κ3) is 4.70. The summed E-state index contributed by atoms with van der Waals surface area (Å²) in [6.07, 6.45) is 0.587.